The first-order valence-corrected chi connectivity index (χ1v) is 9.67. The van der Waals surface area contributed by atoms with Crippen molar-refractivity contribution >= 4 is 27.2 Å². The Morgan fingerprint density at radius 1 is 0.960 bits per heavy atom. The predicted molar refractivity (Wildman–Crippen MR) is 94.9 cm³/mol. The van der Waals surface area contributed by atoms with Crippen LogP contribution in [0.3, 0.4) is 0 Å². The normalized spacial score (nSPS) is 15.1. The third-order valence-corrected chi connectivity index (χ3v) is 6.50. The number of halogens is 1. The number of nitrogens with one attached hydrogen (secondary N) is 2. The molecule has 2 N–H and O–H groups in total. The van der Waals surface area contributed by atoms with Crippen LogP contribution in [0, 0.1) is 5.82 Å². The van der Waals surface area contributed by atoms with Crippen molar-refractivity contribution in [2.75, 3.05) is 10.6 Å². The zero-order chi connectivity index (χ0) is 17.9. The summed E-state index contributed by atoms with van der Waals surface area (Å²) in [6, 6.07) is 11.2. The molecule has 132 valence electrons. The van der Waals surface area contributed by atoms with Gasteiger partial charge >= 0.3 is 6.03 Å². The van der Waals surface area contributed by atoms with Gasteiger partial charge in [0.05, 0.1) is 10.1 Å². The Hall–Kier alpha value is -2.41. The van der Waals surface area contributed by atoms with Crippen molar-refractivity contribution in [3.63, 3.8) is 0 Å². The average Bonchev–Trinajstić information content (AvgIpc) is 3.10. The fraction of sp³-hybridized carbons (Fsp3) is 0.278. The van der Waals surface area contributed by atoms with Gasteiger partial charge < -0.3 is 10.6 Å². The van der Waals surface area contributed by atoms with Crippen molar-refractivity contribution < 1.29 is 17.6 Å². The maximum atomic E-state index is 13.1. The lowest BCUT2D eigenvalue weighted by Crippen LogP contribution is -2.20. The summed E-state index contributed by atoms with van der Waals surface area (Å²) >= 11 is 0. The Kier molecular flexibility index (Phi) is 5.03. The van der Waals surface area contributed by atoms with Crippen LogP contribution >= 0.6 is 0 Å². The van der Waals surface area contributed by atoms with Crippen LogP contribution in [0.4, 0.5) is 20.6 Å². The highest BCUT2D eigenvalue weighted by molar-refractivity contribution is 7.92. The molecule has 2 aromatic carbocycles. The van der Waals surface area contributed by atoms with E-state index in [1.54, 1.807) is 24.3 Å². The predicted octanol–water partition coefficient (Wildman–Crippen LogP) is 4.19. The van der Waals surface area contributed by atoms with Crippen LogP contribution in [0.25, 0.3) is 0 Å². The third-order valence-electron chi connectivity index (χ3n) is 4.24. The maximum absolute atomic E-state index is 13.1. The van der Waals surface area contributed by atoms with Gasteiger partial charge in [-0.25, -0.2) is 17.6 Å². The van der Waals surface area contributed by atoms with E-state index in [1.807, 2.05) is 0 Å². The molecule has 1 fully saturated rings. The highest BCUT2D eigenvalue weighted by Crippen LogP contribution is 2.30. The highest BCUT2D eigenvalue weighted by atomic mass is 32.2. The van der Waals surface area contributed by atoms with Crippen molar-refractivity contribution in [1.82, 2.24) is 0 Å². The Morgan fingerprint density at radius 2 is 1.56 bits per heavy atom. The first-order valence-electron chi connectivity index (χ1n) is 8.13. The lowest BCUT2D eigenvalue weighted by Gasteiger charge is -2.13. The summed E-state index contributed by atoms with van der Waals surface area (Å²) in [5, 5.41) is 4.74. The maximum Gasteiger partial charge on any atom is 0.323 e. The van der Waals surface area contributed by atoms with Crippen LogP contribution in [0.5, 0.6) is 0 Å². The Labute approximate surface area is 146 Å². The second-order valence-corrected chi connectivity index (χ2v) is 8.30. The van der Waals surface area contributed by atoms with Gasteiger partial charge in [0.2, 0.25) is 0 Å². The summed E-state index contributed by atoms with van der Waals surface area (Å²) < 4.78 is 38.4. The number of carbonyl (C=O) groups is 1. The fourth-order valence-electron chi connectivity index (χ4n) is 3.00. The Morgan fingerprint density at radius 3 is 2.20 bits per heavy atom. The van der Waals surface area contributed by atoms with Gasteiger partial charge in [-0.3, -0.25) is 0 Å². The van der Waals surface area contributed by atoms with Crippen molar-refractivity contribution in [2.45, 2.75) is 35.8 Å². The number of urea groups is 1. The number of hydrogen-bond donors (Lipinski definition) is 2. The Bertz CT molecular complexity index is 877. The number of sulfone groups is 1. The largest absolute Gasteiger partial charge is 0.323 e. The summed E-state index contributed by atoms with van der Waals surface area (Å²) in [6.07, 6.45) is 3.22. The van der Waals surface area contributed by atoms with Gasteiger partial charge in [-0.2, -0.15) is 0 Å². The third kappa shape index (κ3) is 4.17. The molecule has 1 aliphatic carbocycles. The molecular formula is C18H19FN2O3S. The molecule has 2 amide bonds. The molecule has 5 nitrogen and oxygen atoms in total. The molecule has 2 aromatic rings. The first-order chi connectivity index (χ1) is 11.9. The van der Waals surface area contributed by atoms with Gasteiger partial charge in [0.15, 0.2) is 9.84 Å². The number of anilines is 2. The van der Waals surface area contributed by atoms with Crippen LogP contribution < -0.4 is 10.6 Å². The van der Waals surface area contributed by atoms with E-state index in [4.69, 9.17) is 0 Å². The molecule has 0 atom stereocenters. The average molecular weight is 362 g/mol. The molecule has 1 saturated carbocycles. The van der Waals surface area contributed by atoms with Gasteiger partial charge in [-0.15, -0.1) is 0 Å². The van der Waals surface area contributed by atoms with E-state index in [0.29, 0.717) is 24.2 Å². The van der Waals surface area contributed by atoms with Crippen LogP contribution in [-0.2, 0) is 9.84 Å². The lowest BCUT2D eigenvalue weighted by molar-refractivity contribution is 0.262. The topological polar surface area (TPSA) is 75.3 Å². The van der Waals surface area contributed by atoms with Crippen molar-refractivity contribution in [2.24, 2.45) is 0 Å². The molecule has 3 rings (SSSR count). The zero-order valence-electron chi connectivity index (χ0n) is 13.5. The smallest absolute Gasteiger partial charge is 0.308 e. The molecule has 7 heteroatoms. The second kappa shape index (κ2) is 7.23. The zero-order valence-corrected chi connectivity index (χ0v) is 14.4. The van der Waals surface area contributed by atoms with E-state index in [1.165, 1.54) is 24.3 Å². The van der Waals surface area contributed by atoms with Crippen LogP contribution in [0.1, 0.15) is 25.7 Å². The summed E-state index contributed by atoms with van der Waals surface area (Å²) in [6.45, 7) is 0. The standard InChI is InChI=1S/C18H19FN2O3S/c19-13-5-3-6-14(11-13)20-18(22)21-15-7-4-10-17(12-15)25(23,24)16-8-1-2-9-16/h3-7,10-12,16H,1-2,8-9H2,(H2,20,21,22). The molecule has 0 aliphatic heterocycles. The molecule has 0 heterocycles. The lowest BCUT2D eigenvalue weighted by atomic mass is 10.3. The summed E-state index contributed by atoms with van der Waals surface area (Å²) in [7, 11) is -3.38. The molecular weight excluding hydrogens is 343 g/mol. The van der Waals surface area contributed by atoms with E-state index in [-0.39, 0.29) is 10.1 Å². The van der Waals surface area contributed by atoms with Gasteiger partial charge in [-0.1, -0.05) is 25.0 Å². The fourth-order valence-corrected chi connectivity index (χ4v) is 4.90. The van der Waals surface area contributed by atoms with Crippen molar-refractivity contribution in [1.29, 1.82) is 0 Å². The molecule has 0 unspecified atom stereocenters. The van der Waals surface area contributed by atoms with E-state index in [2.05, 4.69) is 10.6 Å². The number of rotatable bonds is 4. The number of benzene rings is 2. The molecule has 1 aliphatic rings. The molecule has 0 radical (unpaired) electrons. The van der Waals surface area contributed by atoms with Crippen molar-refractivity contribution in [3.8, 4) is 0 Å². The SMILES string of the molecule is O=C(Nc1cccc(F)c1)Nc1cccc(S(=O)(=O)C2CCCC2)c1. The van der Waals surface area contributed by atoms with Gasteiger partial charge in [0, 0.05) is 11.4 Å². The minimum absolute atomic E-state index is 0.211. The van der Waals surface area contributed by atoms with Crippen molar-refractivity contribution in [3.05, 3.63) is 54.3 Å². The molecule has 25 heavy (non-hydrogen) atoms. The van der Waals surface area contributed by atoms with E-state index >= 15 is 0 Å². The minimum Gasteiger partial charge on any atom is -0.308 e. The van der Waals surface area contributed by atoms with Crippen LogP contribution in [0.2, 0.25) is 0 Å². The van der Waals surface area contributed by atoms with Gasteiger partial charge in [0.1, 0.15) is 5.82 Å². The van der Waals surface area contributed by atoms with E-state index in [0.717, 1.165) is 12.8 Å². The molecule has 0 aromatic heterocycles. The van der Waals surface area contributed by atoms with Crippen LogP contribution in [0.15, 0.2) is 53.4 Å². The van der Waals surface area contributed by atoms with Gasteiger partial charge in [0.25, 0.3) is 0 Å². The number of carbonyl (C=O) groups excluding carboxylic acids is 1. The Balaban J connectivity index is 1.72. The van der Waals surface area contributed by atoms with E-state index in [9.17, 15) is 17.6 Å². The number of amides is 2. The van der Waals surface area contributed by atoms with Crippen LogP contribution in [-0.4, -0.2) is 19.7 Å². The highest BCUT2D eigenvalue weighted by Gasteiger charge is 2.30. The number of hydrogen-bond acceptors (Lipinski definition) is 3. The summed E-state index contributed by atoms with van der Waals surface area (Å²) in [5.74, 6) is -0.456. The summed E-state index contributed by atoms with van der Waals surface area (Å²) in [4.78, 5) is 12.2. The molecule has 0 bridgehead atoms. The molecule has 0 spiro atoms. The quantitative estimate of drug-likeness (QED) is 0.856. The van der Waals surface area contributed by atoms with Gasteiger partial charge in [-0.05, 0) is 49.2 Å². The minimum atomic E-state index is -3.38. The summed E-state index contributed by atoms with van der Waals surface area (Å²) in [5.41, 5.74) is 0.681. The molecule has 0 saturated heterocycles. The first kappa shape index (κ1) is 17.4. The van der Waals surface area contributed by atoms with E-state index < -0.39 is 21.7 Å². The monoisotopic (exact) mass is 362 g/mol. The second-order valence-electron chi connectivity index (χ2n) is 6.07.